The van der Waals surface area contributed by atoms with E-state index in [-0.39, 0.29) is 5.78 Å². The number of aryl methyl sites for hydroxylation is 1. The number of hydrogen-bond donors (Lipinski definition) is 0. The maximum atomic E-state index is 11.8. The Labute approximate surface area is 110 Å². The van der Waals surface area contributed by atoms with E-state index in [4.69, 9.17) is 4.74 Å². The highest BCUT2D eigenvalue weighted by Crippen LogP contribution is 2.13. The summed E-state index contributed by atoms with van der Waals surface area (Å²) in [6.45, 7) is 3.32. The summed E-state index contributed by atoms with van der Waals surface area (Å²) >= 11 is 1.50. The van der Waals surface area contributed by atoms with E-state index in [9.17, 15) is 4.79 Å². The minimum absolute atomic E-state index is 0.210. The molecule has 2 aromatic heterocycles. The number of Topliss-reactive ketones (excluding diaryl/α,β-unsaturated/α-hetero) is 1. The zero-order chi connectivity index (χ0) is 12.8. The van der Waals surface area contributed by atoms with Crippen molar-refractivity contribution in [2.75, 3.05) is 6.61 Å². The first kappa shape index (κ1) is 12.8. The van der Waals surface area contributed by atoms with E-state index in [0.29, 0.717) is 13.0 Å². The lowest BCUT2D eigenvalue weighted by molar-refractivity contribution is 0.0982. The van der Waals surface area contributed by atoms with Crippen molar-refractivity contribution in [3.05, 3.63) is 34.8 Å². The van der Waals surface area contributed by atoms with Crippen LogP contribution in [0.3, 0.4) is 0 Å². The van der Waals surface area contributed by atoms with Crippen molar-refractivity contribution in [1.29, 1.82) is 0 Å². The summed E-state index contributed by atoms with van der Waals surface area (Å²) in [5.41, 5.74) is 0. The van der Waals surface area contributed by atoms with Crippen LogP contribution in [0.1, 0.15) is 29.4 Å². The molecule has 0 aromatic carbocycles. The Hall–Kier alpha value is -1.62. The third-order valence-corrected chi connectivity index (χ3v) is 3.42. The summed E-state index contributed by atoms with van der Waals surface area (Å²) in [6, 6.07) is 3.77. The lowest BCUT2D eigenvalue weighted by Gasteiger charge is -2.00. The second-order valence-corrected chi connectivity index (χ2v) is 4.82. The Kier molecular flexibility index (Phi) is 4.52. The normalized spacial score (nSPS) is 10.5. The van der Waals surface area contributed by atoms with E-state index in [1.807, 2.05) is 35.3 Å². The molecule has 2 heterocycles. The predicted octanol–water partition coefficient (Wildman–Crippen LogP) is 3.01. The van der Waals surface area contributed by atoms with Crippen LogP contribution in [0.25, 0.3) is 0 Å². The van der Waals surface area contributed by atoms with Crippen LogP contribution < -0.4 is 4.74 Å². The summed E-state index contributed by atoms with van der Waals surface area (Å²) in [7, 11) is 0. The molecule has 0 spiro atoms. The van der Waals surface area contributed by atoms with Crippen molar-refractivity contribution in [3.63, 3.8) is 0 Å². The molecule has 5 heteroatoms. The van der Waals surface area contributed by atoms with Gasteiger partial charge < -0.3 is 4.74 Å². The van der Waals surface area contributed by atoms with Gasteiger partial charge in [-0.1, -0.05) is 6.07 Å². The van der Waals surface area contributed by atoms with Gasteiger partial charge in [-0.2, -0.15) is 5.10 Å². The van der Waals surface area contributed by atoms with Gasteiger partial charge in [0.25, 0.3) is 0 Å². The molecular weight excluding hydrogens is 248 g/mol. The van der Waals surface area contributed by atoms with Crippen molar-refractivity contribution < 1.29 is 9.53 Å². The maximum Gasteiger partial charge on any atom is 0.172 e. The standard InChI is InChI=1S/C13H16N2O2S/c1-2-17-11-9-14-15(10-11)7-3-5-12(16)13-6-4-8-18-13/h4,6,8-10H,2-3,5,7H2,1H3. The first-order valence-electron chi connectivity index (χ1n) is 6.01. The molecule has 0 aliphatic carbocycles. The number of nitrogens with zero attached hydrogens (tertiary/aromatic N) is 2. The van der Waals surface area contributed by atoms with Gasteiger partial charge in [-0.3, -0.25) is 9.48 Å². The molecule has 0 saturated heterocycles. The topological polar surface area (TPSA) is 44.1 Å². The minimum atomic E-state index is 0.210. The van der Waals surface area contributed by atoms with Crippen LogP contribution in [0.4, 0.5) is 0 Å². The van der Waals surface area contributed by atoms with Crippen molar-refractivity contribution in [3.8, 4) is 5.75 Å². The quantitative estimate of drug-likeness (QED) is 0.722. The second kappa shape index (κ2) is 6.35. The molecule has 2 rings (SSSR count). The molecule has 0 amide bonds. The SMILES string of the molecule is CCOc1cnn(CCCC(=O)c2cccs2)c1. The molecule has 0 radical (unpaired) electrons. The van der Waals surface area contributed by atoms with Gasteiger partial charge in [0, 0.05) is 13.0 Å². The third-order valence-electron chi connectivity index (χ3n) is 2.51. The Balaban J connectivity index is 1.76. The fourth-order valence-corrected chi connectivity index (χ4v) is 2.36. The van der Waals surface area contributed by atoms with Crippen LogP contribution in [0.15, 0.2) is 29.9 Å². The van der Waals surface area contributed by atoms with Gasteiger partial charge in [0.15, 0.2) is 11.5 Å². The molecule has 18 heavy (non-hydrogen) atoms. The molecule has 0 aliphatic heterocycles. The Morgan fingerprint density at radius 1 is 1.56 bits per heavy atom. The zero-order valence-electron chi connectivity index (χ0n) is 10.3. The van der Waals surface area contributed by atoms with Crippen LogP contribution in [-0.4, -0.2) is 22.2 Å². The lowest BCUT2D eigenvalue weighted by Crippen LogP contribution is -2.02. The largest absolute Gasteiger partial charge is 0.491 e. The maximum absolute atomic E-state index is 11.8. The predicted molar refractivity (Wildman–Crippen MR) is 71.3 cm³/mol. The lowest BCUT2D eigenvalue weighted by atomic mass is 10.2. The first-order chi connectivity index (χ1) is 8.79. The molecule has 96 valence electrons. The average Bonchev–Trinajstić information content (AvgIpc) is 3.00. The fourth-order valence-electron chi connectivity index (χ4n) is 1.67. The summed E-state index contributed by atoms with van der Waals surface area (Å²) in [4.78, 5) is 12.6. The molecule has 0 N–H and O–H groups in total. The number of rotatable bonds is 7. The highest BCUT2D eigenvalue weighted by Gasteiger charge is 2.06. The molecule has 0 atom stereocenters. The van der Waals surface area contributed by atoms with Gasteiger partial charge in [-0.25, -0.2) is 0 Å². The first-order valence-corrected chi connectivity index (χ1v) is 6.89. The Bertz CT molecular complexity index is 491. The Morgan fingerprint density at radius 2 is 2.44 bits per heavy atom. The van der Waals surface area contributed by atoms with Gasteiger partial charge in [-0.05, 0) is 24.8 Å². The van der Waals surface area contributed by atoms with Crippen LogP contribution in [0, 0.1) is 0 Å². The monoisotopic (exact) mass is 264 g/mol. The summed E-state index contributed by atoms with van der Waals surface area (Å²) in [6.07, 6.45) is 4.91. The second-order valence-electron chi connectivity index (χ2n) is 3.88. The number of carbonyl (C=O) groups is 1. The van der Waals surface area contributed by atoms with E-state index in [1.54, 1.807) is 6.20 Å². The van der Waals surface area contributed by atoms with E-state index in [0.717, 1.165) is 23.6 Å². The molecule has 0 unspecified atom stereocenters. The molecule has 4 nitrogen and oxygen atoms in total. The van der Waals surface area contributed by atoms with Gasteiger partial charge in [0.05, 0.1) is 23.9 Å². The van der Waals surface area contributed by atoms with Crippen molar-refractivity contribution in [2.45, 2.75) is 26.3 Å². The number of aromatic nitrogens is 2. The van der Waals surface area contributed by atoms with Crippen molar-refractivity contribution >= 4 is 17.1 Å². The highest BCUT2D eigenvalue weighted by atomic mass is 32.1. The minimum Gasteiger partial charge on any atom is -0.491 e. The molecule has 0 fully saturated rings. The van der Waals surface area contributed by atoms with Gasteiger partial charge in [0.1, 0.15) is 0 Å². The van der Waals surface area contributed by atoms with Gasteiger partial charge in [-0.15, -0.1) is 11.3 Å². The van der Waals surface area contributed by atoms with Crippen LogP contribution in [0.2, 0.25) is 0 Å². The van der Waals surface area contributed by atoms with Gasteiger partial charge in [0.2, 0.25) is 0 Å². The number of hydrogen-bond acceptors (Lipinski definition) is 4. The highest BCUT2D eigenvalue weighted by molar-refractivity contribution is 7.12. The third kappa shape index (κ3) is 3.43. The van der Waals surface area contributed by atoms with E-state index < -0.39 is 0 Å². The summed E-state index contributed by atoms with van der Waals surface area (Å²) < 4.78 is 7.14. The number of ether oxygens (including phenoxy) is 1. The average molecular weight is 264 g/mol. The zero-order valence-corrected chi connectivity index (χ0v) is 11.2. The molecule has 0 bridgehead atoms. The molecule has 0 saturated carbocycles. The van der Waals surface area contributed by atoms with Crippen LogP contribution >= 0.6 is 11.3 Å². The Morgan fingerprint density at radius 3 is 3.17 bits per heavy atom. The van der Waals surface area contributed by atoms with E-state index in [1.165, 1.54) is 11.3 Å². The molecule has 2 aromatic rings. The molecule has 0 aliphatic rings. The number of ketones is 1. The van der Waals surface area contributed by atoms with E-state index in [2.05, 4.69) is 5.10 Å². The fraction of sp³-hybridized carbons (Fsp3) is 0.385. The van der Waals surface area contributed by atoms with Gasteiger partial charge >= 0.3 is 0 Å². The number of thiophene rings is 1. The van der Waals surface area contributed by atoms with E-state index >= 15 is 0 Å². The number of carbonyl (C=O) groups excluding carboxylic acids is 1. The van der Waals surface area contributed by atoms with Crippen LogP contribution in [-0.2, 0) is 6.54 Å². The summed E-state index contributed by atoms with van der Waals surface area (Å²) in [5, 5.41) is 6.10. The molecular formula is C13H16N2O2S. The van der Waals surface area contributed by atoms with Crippen LogP contribution in [0.5, 0.6) is 5.75 Å². The van der Waals surface area contributed by atoms with Crippen molar-refractivity contribution in [2.24, 2.45) is 0 Å². The summed E-state index contributed by atoms with van der Waals surface area (Å²) in [5.74, 6) is 0.990. The smallest absolute Gasteiger partial charge is 0.172 e. The van der Waals surface area contributed by atoms with Crippen molar-refractivity contribution in [1.82, 2.24) is 9.78 Å².